The maximum Gasteiger partial charge on any atom is 0.243 e. The van der Waals surface area contributed by atoms with Gasteiger partial charge in [0.2, 0.25) is 6.33 Å². The van der Waals surface area contributed by atoms with Crippen LogP contribution in [0.5, 0.6) is 0 Å². The number of unbranched alkanes of at least 4 members (excludes halogenated alkanes) is 16. The van der Waals surface area contributed by atoms with Crippen molar-refractivity contribution < 1.29 is 4.57 Å². The van der Waals surface area contributed by atoms with Crippen molar-refractivity contribution in [2.45, 2.75) is 156 Å². The second-order valence-corrected chi connectivity index (χ2v) is 10.1. The summed E-state index contributed by atoms with van der Waals surface area (Å²) in [4.78, 5) is 0. The van der Waals surface area contributed by atoms with Crippen LogP contribution >= 0.6 is 0 Å². The Kier molecular flexibility index (Phi) is 18.3. The van der Waals surface area contributed by atoms with Gasteiger partial charge in [0.1, 0.15) is 12.4 Å². The number of hydrogen-bond acceptors (Lipinski definition) is 0. The van der Waals surface area contributed by atoms with Crippen molar-refractivity contribution in [1.29, 1.82) is 0 Å². The van der Waals surface area contributed by atoms with Crippen LogP contribution in [0.15, 0.2) is 18.7 Å². The van der Waals surface area contributed by atoms with E-state index in [4.69, 9.17) is 0 Å². The lowest BCUT2D eigenvalue weighted by molar-refractivity contribution is -0.696. The third kappa shape index (κ3) is 16.9. The lowest BCUT2D eigenvalue weighted by atomic mass is 10.0. The van der Waals surface area contributed by atoms with Crippen LogP contribution in [0.1, 0.15) is 143 Å². The Bertz CT molecular complexity index is 463. The molecule has 0 atom stereocenters. The van der Waals surface area contributed by atoms with Crippen LogP contribution in [0.2, 0.25) is 0 Å². The highest BCUT2D eigenvalue weighted by Crippen LogP contribution is 2.13. The van der Waals surface area contributed by atoms with Crippen molar-refractivity contribution in [3.8, 4) is 0 Å². The van der Waals surface area contributed by atoms with Gasteiger partial charge in [-0.15, -0.1) is 0 Å². The summed E-state index contributed by atoms with van der Waals surface area (Å²) < 4.78 is 4.78. The van der Waals surface area contributed by atoms with E-state index >= 15 is 0 Å². The van der Waals surface area contributed by atoms with Crippen molar-refractivity contribution in [3.63, 3.8) is 0 Å². The number of aryl methyl sites for hydroxylation is 2. The zero-order valence-corrected chi connectivity index (χ0v) is 21.1. The van der Waals surface area contributed by atoms with Crippen LogP contribution in [0.25, 0.3) is 0 Å². The van der Waals surface area contributed by atoms with E-state index in [1.165, 1.54) is 135 Å². The van der Waals surface area contributed by atoms with Gasteiger partial charge in [-0.25, -0.2) is 9.13 Å². The van der Waals surface area contributed by atoms with Gasteiger partial charge in [0.15, 0.2) is 0 Å². The van der Waals surface area contributed by atoms with E-state index < -0.39 is 0 Å². The Balaban J connectivity index is 1.86. The van der Waals surface area contributed by atoms with E-state index in [9.17, 15) is 0 Å². The third-order valence-corrected chi connectivity index (χ3v) is 6.46. The Labute approximate surface area is 189 Å². The first kappa shape index (κ1) is 27.2. The Morgan fingerprint density at radius 2 is 1.13 bits per heavy atom. The van der Waals surface area contributed by atoms with Gasteiger partial charge in [-0.1, -0.05) is 117 Å². The molecule has 0 saturated carbocycles. The van der Waals surface area contributed by atoms with Crippen LogP contribution in [0.4, 0.5) is 0 Å². The molecule has 1 rings (SSSR count). The normalized spacial score (nSPS) is 11.6. The van der Waals surface area contributed by atoms with Crippen molar-refractivity contribution in [1.82, 2.24) is 4.57 Å². The fraction of sp³-hybridized carbons (Fsp3) is 0.893. The summed E-state index contributed by atoms with van der Waals surface area (Å²) in [5.74, 6) is 0.886. The number of hydrogen-bond donors (Lipinski definition) is 0. The van der Waals surface area contributed by atoms with Crippen LogP contribution in [-0.4, -0.2) is 4.57 Å². The second kappa shape index (κ2) is 20.1. The highest BCUT2D eigenvalue weighted by molar-refractivity contribution is 4.66. The van der Waals surface area contributed by atoms with E-state index in [0.29, 0.717) is 0 Å². The smallest absolute Gasteiger partial charge is 0.237 e. The molecule has 1 aromatic rings. The molecule has 0 aliphatic rings. The first-order chi connectivity index (χ1) is 14.7. The Hall–Kier alpha value is -0.790. The van der Waals surface area contributed by atoms with Gasteiger partial charge in [0, 0.05) is 0 Å². The largest absolute Gasteiger partial charge is 0.243 e. The molecular formula is C28H55N2+. The van der Waals surface area contributed by atoms with Gasteiger partial charge < -0.3 is 0 Å². The van der Waals surface area contributed by atoms with E-state index in [1.807, 2.05) is 0 Å². The highest BCUT2D eigenvalue weighted by atomic mass is 15.1. The highest BCUT2D eigenvalue weighted by Gasteiger charge is 2.03. The molecule has 0 saturated heterocycles. The molecule has 30 heavy (non-hydrogen) atoms. The standard InChI is InChI=1S/C28H55N2/c1-4-5-6-7-8-14-17-20-23-29-25-26-30(27-29)24-21-18-15-12-10-9-11-13-16-19-22-28(2)3/h25-28H,4-24H2,1-3H3/q+1. The molecule has 2 heteroatoms. The number of rotatable bonds is 22. The summed E-state index contributed by atoms with van der Waals surface area (Å²) in [5.41, 5.74) is 0. The van der Waals surface area contributed by atoms with Crippen molar-refractivity contribution in [2.75, 3.05) is 0 Å². The quantitative estimate of drug-likeness (QED) is 0.131. The molecule has 0 fully saturated rings. The van der Waals surface area contributed by atoms with Crippen LogP contribution < -0.4 is 4.57 Å². The van der Waals surface area contributed by atoms with Gasteiger partial charge in [-0.05, 0) is 31.6 Å². The molecule has 0 aliphatic heterocycles. The molecule has 0 unspecified atom stereocenters. The Morgan fingerprint density at radius 3 is 1.70 bits per heavy atom. The van der Waals surface area contributed by atoms with Crippen LogP contribution in [0, 0.1) is 5.92 Å². The van der Waals surface area contributed by atoms with Gasteiger partial charge in [-0.3, -0.25) is 0 Å². The fourth-order valence-electron chi connectivity index (χ4n) is 4.39. The predicted octanol–water partition coefficient (Wildman–Crippen LogP) is 8.86. The van der Waals surface area contributed by atoms with Crippen LogP contribution in [0.3, 0.4) is 0 Å². The SMILES string of the molecule is CCCCCCCCCCn1cc[n+](CCCCCCCCCCCCC(C)C)c1. The zero-order valence-electron chi connectivity index (χ0n) is 21.1. The lowest BCUT2D eigenvalue weighted by Crippen LogP contribution is -2.30. The molecule has 0 spiro atoms. The van der Waals surface area contributed by atoms with Crippen molar-refractivity contribution >= 4 is 0 Å². The zero-order chi connectivity index (χ0) is 21.7. The molecule has 0 bridgehead atoms. The molecule has 0 amide bonds. The minimum absolute atomic E-state index is 0.886. The average Bonchev–Trinajstić information content (AvgIpc) is 3.18. The van der Waals surface area contributed by atoms with E-state index in [-0.39, 0.29) is 0 Å². The third-order valence-electron chi connectivity index (χ3n) is 6.46. The second-order valence-electron chi connectivity index (χ2n) is 10.1. The lowest BCUT2D eigenvalue weighted by Gasteiger charge is -2.04. The monoisotopic (exact) mass is 419 g/mol. The maximum atomic E-state index is 2.39. The van der Waals surface area contributed by atoms with Gasteiger partial charge in [-0.2, -0.15) is 0 Å². The fourth-order valence-corrected chi connectivity index (χ4v) is 4.39. The number of imidazole rings is 1. The summed E-state index contributed by atoms with van der Waals surface area (Å²) in [6.07, 6.45) is 33.8. The summed E-state index contributed by atoms with van der Waals surface area (Å²) in [6.45, 7) is 9.36. The number of aromatic nitrogens is 2. The summed E-state index contributed by atoms with van der Waals surface area (Å²) in [7, 11) is 0. The van der Waals surface area contributed by atoms with Crippen molar-refractivity contribution in [2.24, 2.45) is 5.92 Å². The van der Waals surface area contributed by atoms with Gasteiger partial charge in [0.05, 0.1) is 13.1 Å². The minimum Gasteiger partial charge on any atom is -0.237 e. The molecule has 2 nitrogen and oxygen atoms in total. The summed E-state index contributed by atoms with van der Waals surface area (Å²) in [5, 5.41) is 0. The predicted molar refractivity (Wildman–Crippen MR) is 133 cm³/mol. The Morgan fingerprint density at radius 1 is 0.633 bits per heavy atom. The van der Waals surface area contributed by atoms with Crippen molar-refractivity contribution in [3.05, 3.63) is 18.7 Å². The molecule has 0 aliphatic carbocycles. The first-order valence-corrected chi connectivity index (χ1v) is 13.8. The molecule has 0 aromatic carbocycles. The number of nitrogens with zero attached hydrogens (tertiary/aromatic N) is 2. The summed E-state index contributed by atoms with van der Waals surface area (Å²) >= 11 is 0. The first-order valence-electron chi connectivity index (χ1n) is 13.8. The van der Waals surface area contributed by atoms with E-state index in [0.717, 1.165) is 5.92 Å². The van der Waals surface area contributed by atoms with Gasteiger partial charge in [0.25, 0.3) is 0 Å². The summed E-state index contributed by atoms with van der Waals surface area (Å²) in [6, 6.07) is 0. The topological polar surface area (TPSA) is 8.81 Å². The van der Waals surface area contributed by atoms with Gasteiger partial charge >= 0.3 is 0 Å². The maximum absolute atomic E-state index is 2.39. The van der Waals surface area contributed by atoms with Crippen LogP contribution in [-0.2, 0) is 13.1 Å². The molecule has 0 N–H and O–H groups in total. The molecule has 1 aromatic heterocycles. The molecule has 1 heterocycles. The van der Waals surface area contributed by atoms with E-state index in [2.05, 4.69) is 48.6 Å². The average molecular weight is 420 g/mol. The molecular weight excluding hydrogens is 364 g/mol. The molecule has 176 valence electrons. The molecule has 0 radical (unpaired) electrons. The van der Waals surface area contributed by atoms with E-state index in [1.54, 1.807) is 0 Å². The minimum atomic E-state index is 0.886.